The molecule has 0 radical (unpaired) electrons. The lowest BCUT2D eigenvalue weighted by Crippen LogP contribution is -2.35. The summed E-state index contributed by atoms with van der Waals surface area (Å²) in [5.74, 6) is -0.216. The fourth-order valence-corrected chi connectivity index (χ4v) is 4.29. The molecule has 4 aromatic rings. The zero-order chi connectivity index (χ0) is 20.5. The minimum absolute atomic E-state index is 0.0189. The average Bonchev–Trinajstić information content (AvgIpc) is 3.05. The molecule has 1 fully saturated rings. The van der Waals surface area contributed by atoms with Gasteiger partial charge in [0, 0.05) is 43.4 Å². The molecule has 5 heteroatoms. The molecule has 0 unspecified atom stereocenters. The molecule has 0 N–H and O–H groups in total. The van der Waals surface area contributed by atoms with E-state index in [1.807, 2.05) is 41.3 Å². The molecule has 5 rings (SSSR count). The third kappa shape index (κ3) is 3.36. The summed E-state index contributed by atoms with van der Waals surface area (Å²) in [6.07, 6.45) is 2.61. The minimum atomic E-state index is -0.235. The quantitative estimate of drug-likeness (QED) is 0.451. The van der Waals surface area contributed by atoms with Gasteiger partial charge in [0.05, 0.1) is 11.1 Å². The fraction of sp³-hybridized carbons (Fsp3) is 0.200. The number of amides is 1. The van der Waals surface area contributed by atoms with Crippen molar-refractivity contribution in [1.82, 2.24) is 9.88 Å². The molecule has 150 valence electrons. The van der Waals surface area contributed by atoms with E-state index in [4.69, 9.17) is 0 Å². The Morgan fingerprint density at radius 1 is 0.867 bits per heavy atom. The molecular weight excluding hydrogens is 377 g/mol. The molecule has 1 aromatic heterocycles. The Balaban J connectivity index is 1.46. The Morgan fingerprint density at radius 3 is 2.53 bits per heavy atom. The van der Waals surface area contributed by atoms with E-state index in [1.165, 1.54) is 12.1 Å². The van der Waals surface area contributed by atoms with E-state index in [2.05, 4.69) is 16.0 Å². The minimum Gasteiger partial charge on any atom is -0.370 e. The molecule has 2 heterocycles. The number of halogens is 1. The van der Waals surface area contributed by atoms with E-state index in [1.54, 1.807) is 18.3 Å². The number of nitrogens with zero attached hydrogens (tertiary/aromatic N) is 3. The van der Waals surface area contributed by atoms with Gasteiger partial charge in [0.2, 0.25) is 0 Å². The van der Waals surface area contributed by atoms with Crippen molar-refractivity contribution in [2.75, 3.05) is 31.1 Å². The van der Waals surface area contributed by atoms with E-state index in [-0.39, 0.29) is 11.7 Å². The fourth-order valence-electron chi connectivity index (χ4n) is 4.29. The molecule has 1 aliphatic rings. The van der Waals surface area contributed by atoms with Crippen LogP contribution in [0.3, 0.4) is 0 Å². The molecule has 0 aliphatic carbocycles. The maximum atomic E-state index is 13.5. The monoisotopic (exact) mass is 399 g/mol. The summed E-state index contributed by atoms with van der Waals surface area (Å²) in [7, 11) is 0. The van der Waals surface area contributed by atoms with Gasteiger partial charge in [0.1, 0.15) is 5.82 Å². The Morgan fingerprint density at radius 2 is 1.67 bits per heavy atom. The number of carbonyl (C=O) groups excluding carboxylic acids is 1. The molecule has 0 saturated carbocycles. The van der Waals surface area contributed by atoms with Crippen LogP contribution < -0.4 is 4.90 Å². The largest absolute Gasteiger partial charge is 0.370 e. The van der Waals surface area contributed by atoms with Gasteiger partial charge in [-0.2, -0.15) is 0 Å². The Bertz CT molecular complexity index is 1220. The second kappa shape index (κ2) is 7.75. The van der Waals surface area contributed by atoms with Crippen LogP contribution in [0.4, 0.5) is 10.1 Å². The van der Waals surface area contributed by atoms with Gasteiger partial charge in [-0.3, -0.25) is 9.78 Å². The summed E-state index contributed by atoms with van der Waals surface area (Å²) in [5, 5.41) is 3.15. The molecule has 4 nitrogen and oxygen atoms in total. The van der Waals surface area contributed by atoms with Crippen molar-refractivity contribution in [2.45, 2.75) is 6.42 Å². The molecule has 30 heavy (non-hydrogen) atoms. The normalized spacial score (nSPS) is 14.8. The number of carbonyl (C=O) groups is 1. The van der Waals surface area contributed by atoms with Crippen LogP contribution in [0, 0.1) is 5.82 Å². The maximum absolute atomic E-state index is 13.5. The van der Waals surface area contributed by atoms with E-state index >= 15 is 0 Å². The average molecular weight is 399 g/mol. The highest BCUT2D eigenvalue weighted by Crippen LogP contribution is 2.28. The lowest BCUT2D eigenvalue weighted by atomic mass is 10.00. The number of aromatic nitrogens is 1. The van der Waals surface area contributed by atoms with Gasteiger partial charge in [0.15, 0.2) is 0 Å². The molecule has 1 aliphatic heterocycles. The Labute approximate surface area is 174 Å². The molecule has 3 aromatic carbocycles. The first kappa shape index (κ1) is 18.6. The molecule has 0 spiro atoms. The van der Waals surface area contributed by atoms with Crippen LogP contribution in [0.5, 0.6) is 0 Å². The van der Waals surface area contributed by atoms with Gasteiger partial charge >= 0.3 is 0 Å². The highest BCUT2D eigenvalue weighted by Gasteiger charge is 2.23. The number of benzene rings is 3. The molecular formula is C25H22FN3O. The van der Waals surface area contributed by atoms with Gasteiger partial charge in [0.25, 0.3) is 5.91 Å². The SMILES string of the molecule is O=C(c1cc2ccccc2c2cccnc12)N1CCCN(c2ccc(F)cc2)CC1. The smallest absolute Gasteiger partial charge is 0.256 e. The van der Waals surface area contributed by atoms with Crippen molar-refractivity contribution in [2.24, 2.45) is 0 Å². The summed E-state index contributed by atoms with van der Waals surface area (Å²) in [6.45, 7) is 2.87. The van der Waals surface area contributed by atoms with E-state index < -0.39 is 0 Å². The topological polar surface area (TPSA) is 36.4 Å². The first-order valence-corrected chi connectivity index (χ1v) is 10.3. The van der Waals surface area contributed by atoms with Crippen molar-refractivity contribution in [1.29, 1.82) is 0 Å². The van der Waals surface area contributed by atoms with Gasteiger partial charge < -0.3 is 9.80 Å². The van der Waals surface area contributed by atoms with Crippen LogP contribution in [0.25, 0.3) is 21.7 Å². The number of fused-ring (bicyclic) bond motifs is 3. The van der Waals surface area contributed by atoms with Crippen LogP contribution in [0.15, 0.2) is 72.9 Å². The number of hydrogen-bond donors (Lipinski definition) is 0. The van der Waals surface area contributed by atoms with Crippen LogP contribution >= 0.6 is 0 Å². The van der Waals surface area contributed by atoms with Crippen LogP contribution in [-0.2, 0) is 0 Å². The van der Waals surface area contributed by atoms with E-state index in [0.29, 0.717) is 18.7 Å². The van der Waals surface area contributed by atoms with Gasteiger partial charge in [-0.15, -0.1) is 0 Å². The zero-order valence-corrected chi connectivity index (χ0v) is 16.6. The predicted molar refractivity (Wildman–Crippen MR) is 118 cm³/mol. The number of pyridine rings is 1. The summed E-state index contributed by atoms with van der Waals surface area (Å²) in [6, 6.07) is 20.6. The molecule has 1 saturated heterocycles. The van der Waals surface area contributed by atoms with Gasteiger partial charge in [-0.25, -0.2) is 4.39 Å². The number of hydrogen-bond acceptors (Lipinski definition) is 3. The lowest BCUT2D eigenvalue weighted by Gasteiger charge is -2.24. The number of anilines is 1. The van der Waals surface area contributed by atoms with Crippen LogP contribution in [-0.4, -0.2) is 42.0 Å². The first-order chi connectivity index (χ1) is 14.7. The Kier molecular flexibility index (Phi) is 4.79. The van der Waals surface area contributed by atoms with Crippen molar-refractivity contribution in [3.8, 4) is 0 Å². The van der Waals surface area contributed by atoms with Crippen molar-refractivity contribution in [3.63, 3.8) is 0 Å². The first-order valence-electron chi connectivity index (χ1n) is 10.3. The molecule has 0 atom stereocenters. The summed E-state index contributed by atoms with van der Waals surface area (Å²) in [5.41, 5.74) is 2.39. The Hall–Kier alpha value is -3.47. The second-order valence-electron chi connectivity index (χ2n) is 7.65. The van der Waals surface area contributed by atoms with E-state index in [9.17, 15) is 9.18 Å². The van der Waals surface area contributed by atoms with Crippen molar-refractivity contribution in [3.05, 3.63) is 84.3 Å². The predicted octanol–water partition coefficient (Wildman–Crippen LogP) is 4.88. The summed E-state index contributed by atoms with van der Waals surface area (Å²) < 4.78 is 13.3. The van der Waals surface area contributed by atoms with Crippen molar-refractivity contribution < 1.29 is 9.18 Å². The molecule has 0 bridgehead atoms. The second-order valence-corrected chi connectivity index (χ2v) is 7.65. The number of rotatable bonds is 2. The lowest BCUT2D eigenvalue weighted by molar-refractivity contribution is 0.0769. The maximum Gasteiger partial charge on any atom is 0.256 e. The highest BCUT2D eigenvalue weighted by atomic mass is 19.1. The summed E-state index contributed by atoms with van der Waals surface area (Å²) >= 11 is 0. The summed E-state index contributed by atoms with van der Waals surface area (Å²) in [4.78, 5) is 22.2. The van der Waals surface area contributed by atoms with Gasteiger partial charge in [-0.05, 0) is 53.6 Å². The van der Waals surface area contributed by atoms with Crippen LogP contribution in [0.1, 0.15) is 16.8 Å². The third-order valence-corrected chi connectivity index (χ3v) is 5.82. The van der Waals surface area contributed by atoms with Crippen LogP contribution in [0.2, 0.25) is 0 Å². The zero-order valence-electron chi connectivity index (χ0n) is 16.6. The standard InChI is InChI=1S/C25H22FN3O/c26-19-8-10-20(11-9-19)28-13-4-14-29(16-15-28)25(30)23-17-18-5-1-2-6-21(18)22-7-3-12-27-24(22)23/h1-3,5-12,17H,4,13-16H2. The highest BCUT2D eigenvalue weighted by molar-refractivity contribution is 6.15. The van der Waals surface area contributed by atoms with E-state index in [0.717, 1.165) is 46.9 Å². The van der Waals surface area contributed by atoms with Gasteiger partial charge in [-0.1, -0.05) is 30.3 Å². The molecule has 1 amide bonds. The van der Waals surface area contributed by atoms with Crippen molar-refractivity contribution >= 4 is 33.3 Å². The third-order valence-electron chi connectivity index (χ3n) is 5.82.